The van der Waals surface area contributed by atoms with E-state index in [4.69, 9.17) is 5.41 Å². The number of nitrogens with zero attached hydrogens (tertiary/aromatic N) is 3. The van der Waals surface area contributed by atoms with Gasteiger partial charge in [-0.25, -0.2) is 0 Å². The quantitative estimate of drug-likeness (QED) is 0.132. The lowest BCUT2D eigenvalue weighted by Gasteiger charge is -2.36. The molecule has 3 rings (SSSR count). The smallest absolute Gasteiger partial charge is 0.120 e. The maximum Gasteiger partial charge on any atom is 0.120 e. The molecule has 0 amide bonds. The molecular formula is C33H46N6O. The fourth-order valence-corrected chi connectivity index (χ4v) is 5.58. The van der Waals surface area contributed by atoms with Gasteiger partial charge in [-0.3, -0.25) is 15.2 Å². The van der Waals surface area contributed by atoms with E-state index in [0.717, 1.165) is 68.3 Å². The highest BCUT2D eigenvalue weighted by Crippen LogP contribution is 2.25. The van der Waals surface area contributed by atoms with Gasteiger partial charge in [0.2, 0.25) is 0 Å². The fraction of sp³-hybridized carbons (Fsp3) is 0.424. The second kappa shape index (κ2) is 16.5. The third kappa shape index (κ3) is 9.28. The molecule has 0 radical (unpaired) electrons. The van der Waals surface area contributed by atoms with Crippen molar-refractivity contribution in [3.63, 3.8) is 0 Å². The summed E-state index contributed by atoms with van der Waals surface area (Å²) in [5.41, 5.74) is 9.88. The van der Waals surface area contributed by atoms with E-state index in [9.17, 15) is 4.79 Å². The number of rotatable bonds is 17. The first-order valence-corrected chi connectivity index (χ1v) is 14.3. The summed E-state index contributed by atoms with van der Waals surface area (Å²) in [6.45, 7) is 11.1. The first kappa shape index (κ1) is 31.0. The lowest BCUT2D eigenvalue weighted by molar-refractivity contribution is -0.108. The van der Waals surface area contributed by atoms with Crippen LogP contribution in [0.3, 0.4) is 0 Å². The molecule has 3 N–H and O–H groups in total. The Labute approximate surface area is 240 Å². The van der Waals surface area contributed by atoms with Crippen LogP contribution >= 0.6 is 0 Å². The number of piperidine rings is 1. The van der Waals surface area contributed by atoms with Crippen molar-refractivity contribution in [2.45, 2.75) is 70.1 Å². The van der Waals surface area contributed by atoms with Gasteiger partial charge in [0.25, 0.3) is 0 Å². The molecule has 2 aromatic carbocycles. The maximum absolute atomic E-state index is 11.0. The van der Waals surface area contributed by atoms with Crippen LogP contribution < -0.4 is 10.7 Å². The van der Waals surface area contributed by atoms with Crippen LogP contribution in [-0.4, -0.2) is 61.2 Å². The number of likely N-dealkylation sites (N-methyl/N-ethyl adjacent to an activating group) is 2. The number of likely N-dealkylation sites (tertiary alicyclic amines) is 1. The van der Waals surface area contributed by atoms with Crippen molar-refractivity contribution in [1.82, 2.24) is 15.1 Å². The molecule has 1 fully saturated rings. The van der Waals surface area contributed by atoms with Crippen LogP contribution in [0.25, 0.3) is 6.08 Å². The number of hydrogen-bond donors (Lipinski definition) is 3. The molecule has 7 heteroatoms. The predicted molar refractivity (Wildman–Crippen MR) is 169 cm³/mol. The minimum absolute atomic E-state index is 0.0895. The number of anilines is 1. The molecule has 0 spiro atoms. The second-order valence-corrected chi connectivity index (χ2v) is 10.6. The third-order valence-corrected chi connectivity index (χ3v) is 7.86. The molecule has 1 aliphatic heterocycles. The van der Waals surface area contributed by atoms with Crippen molar-refractivity contribution in [2.75, 3.05) is 26.1 Å². The predicted octanol–water partition coefficient (Wildman–Crippen LogP) is 5.88. The van der Waals surface area contributed by atoms with E-state index < -0.39 is 0 Å². The monoisotopic (exact) mass is 542 g/mol. The summed E-state index contributed by atoms with van der Waals surface area (Å²) in [5.74, 6) is 0. The SMILES string of the molecule is C=Cc1ccc(CCC2CCCCN2Cc2ccc(N/N=C\C=N)cc2)cc1CN(C)C(CCC=O)C(=C)NC. The van der Waals surface area contributed by atoms with Crippen LogP contribution in [-0.2, 0) is 24.3 Å². The van der Waals surface area contributed by atoms with Crippen molar-refractivity contribution in [3.8, 4) is 0 Å². The number of aryl methyl sites for hydroxylation is 1. The van der Waals surface area contributed by atoms with Gasteiger partial charge in [0, 0.05) is 50.6 Å². The van der Waals surface area contributed by atoms with Gasteiger partial charge in [0.1, 0.15) is 6.29 Å². The highest BCUT2D eigenvalue weighted by molar-refractivity contribution is 6.14. The molecule has 2 aromatic rings. The average molecular weight is 543 g/mol. The molecule has 2 atom stereocenters. The van der Waals surface area contributed by atoms with Crippen LogP contribution in [0.1, 0.15) is 60.8 Å². The average Bonchev–Trinajstić information content (AvgIpc) is 2.98. The zero-order chi connectivity index (χ0) is 28.7. The summed E-state index contributed by atoms with van der Waals surface area (Å²) in [6, 6.07) is 15.9. The molecule has 2 unspecified atom stereocenters. The summed E-state index contributed by atoms with van der Waals surface area (Å²) in [7, 11) is 3.99. The first-order chi connectivity index (χ1) is 19.5. The normalized spacial score (nSPS) is 16.5. The van der Waals surface area contributed by atoms with Crippen molar-refractivity contribution >= 4 is 30.5 Å². The molecule has 40 heavy (non-hydrogen) atoms. The Morgan fingerprint density at radius 1 is 1.23 bits per heavy atom. The van der Waals surface area contributed by atoms with Gasteiger partial charge in [-0.15, -0.1) is 0 Å². The number of benzene rings is 2. The lowest BCUT2D eigenvalue weighted by atomic mass is 9.93. The van der Waals surface area contributed by atoms with Crippen molar-refractivity contribution < 1.29 is 4.79 Å². The summed E-state index contributed by atoms with van der Waals surface area (Å²) in [4.78, 5) is 16.0. The van der Waals surface area contributed by atoms with Crippen LogP contribution in [0.15, 0.2) is 66.4 Å². The van der Waals surface area contributed by atoms with Crippen molar-refractivity contribution in [3.05, 3.63) is 83.6 Å². The number of hydrogen-bond acceptors (Lipinski definition) is 7. The van der Waals surface area contributed by atoms with Crippen LogP contribution in [0.5, 0.6) is 0 Å². The zero-order valence-corrected chi connectivity index (χ0v) is 24.2. The van der Waals surface area contributed by atoms with E-state index in [-0.39, 0.29) is 6.04 Å². The molecule has 7 nitrogen and oxygen atoms in total. The Morgan fingerprint density at radius 3 is 2.70 bits per heavy atom. The molecule has 0 aromatic heterocycles. The van der Waals surface area contributed by atoms with E-state index in [1.165, 1.54) is 42.2 Å². The van der Waals surface area contributed by atoms with Gasteiger partial charge in [0.15, 0.2) is 0 Å². The molecule has 0 saturated carbocycles. The summed E-state index contributed by atoms with van der Waals surface area (Å²) in [6.07, 6.45) is 12.7. The Kier molecular flexibility index (Phi) is 12.8. The topological polar surface area (TPSA) is 83.8 Å². The first-order valence-electron chi connectivity index (χ1n) is 14.3. The molecular weight excluding hydrogens is 496 g/mol. The van der Waals surface area contributed by atoms with E-state index in [1.54, 1.807) is 0 Å². The van der Waals surface area contributed by atoms with E-state index in [1.807, 2.05) is 25.3 Å². The Balaban J connectivity index is 1.64. The third-order valence-electron chi connectivity index (χ3n) is 7.86. The Hall–Kier alpha value is -3.55. The van der Waals surface area contributed by atoms with E-state index in [0.29, 0.717) is 12.5 Å². The largest absolute Gasteiger partial charge is 0.391 e. The van der Waals surface area contributed by atoms with Gasteiger partial charge in [0.05, 0.1) is 11.9 Å². The minimum atomic E-state index is 0.0895. The van der Waals surface area contributed by atoms with Gasteiger partial charge < -0.3 is 15.5 Å². The van der Waals surface area contributed by atoms with Gasteiger partial charge >= 0.3 is 0 Å². The zero-order valence-electron chi connectivity index (χ0n) is 24.2. The van der Waals surface area contributed by atoms with Gasteiger partial charge in [-0.2, -0.15) is 5.10 Å². The lowest BCUT2D eigenvalue weighted by Crippen LogP contribution is -2.39. The Morgan fingerprint density at radius 2 is 2.00 bits per heavy atom. The summed E-state index contributed by atoms with van der Waals surface area (Å²) in [5, 5.41) is 14.2. The van der Waals surface area contributed by atoms with Gasteiger partial charge in [-0.1, -0.05) is 56.0 Å². The summed E-state index contributed by atoms with van der Waals surface area (Å²) >= 11 is 0. The number of carbonyl (C=O) groups excluding carboxylic acids is 1. The number of carbonyl (C=O) groups is 1. The molecule has 0 aliphatic carbocycles. The van der Waals surface area contributed by atoms with Crippen molar-refractivity contribution in [1.29, 1.82) is 5.41 Å². The molecule has 1 saturated heterocycles. The number of hydrazone groups is 1. The second-order valence-electron chi connectivity index (χ2n) is 10.6. The fourth-order valence-electron chi connectivity index (χ4n) is 5.58. The number of aldehydes is 1. The summed E-state index contributed by atoms with van der Waals surface area (Å²) < 4.78 is 0. The minimum Gasteiger partial charge on any atom is -0.391 e. The van der Waals surface area contributed by atoms with E-state index in [2.05, 4.69) is 76.2 Å². The van der Waals surface area contributed by atoms with Crippen LogP contribution in [0, 0.1) is 5.41 Å². The van der Waals surface area contributed by atoms with Gasteiger partial charge in [-0.05, 0) is 80.1 Å². The highest BCUT2D eigenvalue weighted by atomic mass is 16.1. The van der Waals surface area contributed by atoms with E-state index >= 15 is 0 Å². The standard InChI is InChI=1S/C33H46N6O/c1-5-29-15-11-27(23-30(29)25-38(4)33(10-8-22-40)26(2)35-3)14-18-32-9-6-7-21-39(32)24-28-12-16-31(17-13-28)37-36-20-19-34/h5,11-13,15-17,19-20,22-23,32-35,37H,1-2,6-10,14,18,21,24-25H2,3-4H3/b34-19?,36-20-. The molecule has 0 bridgehead atoms. The highest BCUT2D eigenvalue weighted by Gasteiger charge is 2.23. The Bertz CT molecular complexity index is 1140. The van der Waals surface area contributed by atoms with Crippen LogP contribution in [0.2, 0.25) is 0 Å². The number of nitrogens with one attached hydrogen (secondary N) is 3. The van der Waals surface area contributed by atoms with Crippen LogP contribution in [0.4, 0.5) is 5.69 Å². The molecule has 1 aliphatic rings. The molecule has 1 heterocycles. The maximum atomic E-state index is 11.0. The molecule has 214 valence electrons. The van der Waals surface area contributed by atoms with Crippen molar-refractivity contribution in [2.24, 2.45) is 5.10 Å².